The molecule has 0 aliphatic heterocycles. The van der Waals surface area contributed by atoms with E-state index in [0.29, 0.717) is 6.54 Å². The average molecular weight is 219 g/mol. The topological polar surface area (TPSA) is 51.8 Å². The lowest BCUT2D eigenvalue weighted by Crippen LogP contribution is -2.05. The summed E-state index contributed by atoms with van der Waals surface area (Å²) in [6.07, 6.45) is 6.48. The predicted octanol–water partition coefficient (Wildman–Crippen LogP) is 1.68. The molecule has 2 N–H and O–H groups in total. The third kappa shape index (κ3) is 1.44. The van der Waals surface area contributed by atoms with E-state index in [1.54, 1.807) is 0 Å². The summed E-state index contributed by atoms with van der Waals surface area (Å²) < 4.78 is 0. The average Bonchev–Trinajstić information content (AvgIpc) is 2.77. The summed E-state index contributed by atoms with van der Waals surface area (Å²) in [5.74, 6) is 0.880. The van der Waals surface area contributed by atoms with E-state index in [1.165, 1.54) is 35.1 Å². The second kappa shape index (κ2) is 3.54. The predicted molar refractivity (Wildman–Crippen MR) is 62.2 cm³/mol. The van der Waals surface area contributed by atoms with Gasteiger partial charge < -0.3 is 5.73 Å². The lowest BCUT2D eigenvalue weighted by molar-refractivity contribution is 0.879. The molecule has 1 aliphatic carbocycles. The van der Waals surface area contributed by atoms with E-state index in [-0.39, 0.29) is 0 Å². The van der Waals surface area contributed by atoms with Gasteiger partial charge in [0.25, 0.3) is 0 Å². The molecule has 2 aromatic heterocycles. The Bertz CT molecular complexity index is 504. The zero-order valence-electron chi connectivity index (χ0n) is 8.49. The van der Waals surface area contributed by atoms with Gasteiger partial charge in [0, 0.05) is 22.9 Å². The fourth-order valence-corrected chi connectivity index (χ4v) is 3.42. The number of fused-ring (bicyclic) bond motifs is 3. The summed E-state index contributed by atoms with van der Waals surface area (Å²) in [7, 11) is 0. The standard InChI is InChI=1S/C11H13N3S/c12-5-4-10-13-6-8-7-2-1-3-9(7)15-11(8)14-10/h6H,1-5,12H2. The fourth-order valence-electron chi connectivity index (χ4n) is 2.17. The summed E-state index contributed by atoms with van der Waals surface area (Å²) >= 11 is 1.83. The smallest absolute Gasteiger partial charge is 0.131 e. The molecule has 3 nitrogen and oxygen atoms in total. The molecule has 2 aromatic rings. The first kappa shape index (κ1) is 9.24. The monoisotopic (exact) mass is 219 g/mol. The van der Waals surface area contributed by atoms with Crippen LogP contribution in [-0.2, 0) is 19.3 Å². The van der Waals surface area contributed by atoms with Gasteiger partial charge in [0.05, 0.1) is 0 Å². The summed E-state index contributed by atoms with van der Waals surface area (Å²) in [4.78, 5) is 11.6. The lowest BCUT2D eigenvalue weighted by atomic mass is 10.2. The van der Waals surface area contributed by atoms with Crippen molar-refractivity contribution in [3.63, 3.8) is 0 Å². The number of thiophene rings is 1. The van der Waals surface area contributed by atoms with Crippen molar-refractivity contribution in [3.8, 4) is 0 Å². The lowest BCUT2D eigenvalue weighted by Gasteiger charge is -1.97. The first-order valence-corrected chi connectivity index (χ1v) is 6.16. The highest BCUT2D eigenvalue weighted by molar-refractivity contribution is 7.18. The minimum Gasteiger partial charge on any atom is -0.330 e. The van der Waals surface area contributed by atoms with Crippen LogP contribution < -0.4 is 5.73 Å². The molecule has 0 saturated heterocycles. The second-order valence-electron chi connectivity index (χ2n) is 3.90. The Hall–Kier alpha value is -1.00. The van der Waals surface area contributed by atoms with Crippen molar-refractivity contribution >= 4 is 21.6 Å². The van der Waals surface area contributed by atoms with Crippen LogP contribution in [0.3, 0.4) is 0 Å². The van der Waals surface area contributed by atoms with Crippen LogP contribution in [0.4, 0.5) is 0 Å². The fraction of sp³-hybridized carbons (Fsp3) is 0.455. The normalized spacial score (nSPS) is 14.7. The molecule has 78 valence electrons. The number of hydrogen-bond acceptors (Lipinski definition) is 4. The van der Waals surface area contributed by atoms with Crippen LogP contribution in [0.25, 0.3) is 10.2 Å². The molecule has 0 saturated carbocycles. The Kier molecular flexibility index (Phi) is 2.18. The number of aromatic nitrogens is 2. The maximum Gasteiger partial charge on any atom is 0.131 e. The largest absolute Gasteiger partial charge is 0.330 e. The van der Waals surface area contributed by atoms with Gasteiger partial charge >= 0.3 is 0 Å². The molecule has 0 bridgehead atoms. The summed E-state index contributed by atoms with van der Waals surface area (Å²) in [5, 5.41) is 1.27. The highest BCUT2D eigenvalue weighted by Gasteiger charge is 2.18. The molecule has 0 aromatic carbocycles. The maximum absolute atomic E-state index is 5.50. The summed E-state index contributed by atoms with van der Waals surface area (Å²) in [6, 6.07) is 0. The summed E-state index contributed by atoms with van der Waals surface area (Å²) in [5.41, 5.74) is 7.00. The zero-order chi connectivity index (χ0) is 10.3. The molecule has 2 heterocycles. The summed E-state index contributed by atoms with van der Waals surface area (Å²) in [6.45, 7) is 0.622. The van der Waals surface area contributed by atoms with Crippen molar-refractivity contribution in [2.24, 2.45) is 5.73 Å². The highest BCUT2D eigenvalue weighted by atomic mass is 32.1. The van der Waals surface area contributed by atoms with Crippen LogP contribution in [0.2, 0.25) is 0 Å². The van der Waals surface area contributed by atoms with Gasteiger partial charge in [-0.2, -0.15) is 0 Å². The van der Waals surface area contributed by atoms with Crippen LogP contribution in [0, 0.1) is 0 Å². The van der Waals surface area contributed by atoms with Gasteiger partial charge in [-0.05, 0) is 31.4 Å². The third-order valence-corrected chi connectivity index (χ3v) is 4.09. The Labute approximate surface area is 92.4 Å². The minimum atomic E-state index is 0.622. The van der Waals surface area contributed by atoms with Crippen LogP contribution in [-0.4, -0.2) is 16.5 Å². The van der Waals surface area contributed by atoms with Crippen molar-refractivity contribution in [2.45, 2.75) is 25.7 Å². The second-order valence-corrected chi connectivity index (χ2v) is 4.98. The Morgan fingerprint density at radius 1 is 1.40 bits per heavy atom. The quantitative estimate of drug-likeness (QED) is 0.836. The van der Waals surface area contributed by atoms with Crippen LogP contribution in [0.15, 0.2) is 6.20 Å². The van der Waals surface area contributed by atoms with Gasteiger partial charge in [-0.15, -0.1) is 11.3 Å². The van der Waals surface area contributed by atoms with Gasteiger partial charge in [-0.1, -0.05) is 0 Å². The number of aryl methyl sites for hydroxylation is 2. The molecule has 0 fully saturated rings. The van der Waals surface area contributed by atoms with Crippen LogP contribution in [0.5, 0.6) is 0 Å². The van der Waals surface area contributed by atoms with Gasteiger partial charge in [0.2, 0.25) is 0 Å². The Morgan fingerprint density at radius 2 is 2.33 bits per heavy atom. The zero-order valence-corrected chi connectivity index (χ0v) is 9.31. The van der Waals surface area contributed by atoms with E-state index in [9.17, 15) is 0 Å². The van der Waals surface area contributed by atoms with E-state index in [0.717, 1.165) is 17.1 Å². The van der Waals surface area contributed by atoms with E-state index in [1.807, 2.05) is 17.5 Å². The number of hydrogen-bond donors (Lipinski definition) is 1. The van der Waals surface area contributed by atoms with E-state index in [4.69, 9.17) is 5.73 Å². The number of nitrogens with zero attached hydrogens (tertiary/aromatic N) is 2. The van der Waals surface area contributed by atoms with Crippen LogP contribution >= 0.6 is 11.3 Å². The highest BCUT2D eigenvalue weighted by Crippen LogP contribution is 2.35. The van der Waals surface area contributed by atoms with E-state index < -0.39 is 0 Å². The van der Waals surface area contributed by atoms with Gasteiger partial charge in [-0.25, -0.2) is 9.97 Å². The first-order valence-electron chi connectivity index (χ1n) is 5.34. The molecule has 0 spiro atoms. The molecule has 4 heteroatoms. The molecule has 0 unspecified atom stereocenters. The van der Waals surface area contributed by atoms with Gasteiger partial charge in [0.15, 0.2) is 0 Å². The Balaban J connectivity index is 2.13. The number of rotatable bonds is 2. The molecule has 1 aliphatic rings. The van der Waals surface area contributed by atoms with Gasteiger partial charge in [-0.3, -0.25) is 0 Å². The van der Waals surface area contributed by atoms with Crippen LogP contribution in [0.1, 0.15) is 22.7 Å². The molecule has 3 rings (SSSR count). The third-order valence-electron chi connectivity index (χ3n) is 2.88. The SMILES string of the molecule is NCCc1ncc2c3c(sc2n1)CCC3. The number of nitrogens with two attached hydrogens (primary N) is 1. The van der Waals surface area contributed by atoms with Crippen molar-refractivity contribution in [3.05, 3.63) is 22.5 Å². The van der Waals surface area contributed by atoms with Gasteiger partial charge in [0.1, 0.15) is 10.7 Å². The molecule has 15 heavy (non-hydrogen) atoms. The maximum atomic E-state index is 5.50. The molecule has 0 atom stereocenters. The molecule has 0 radical (unpaired) electrons. The Morgan fingerprint density at radius 3 is 3.20 bits per heavy atom. The van der Waals surface area contributed by atoms with Crippen molar-refractivity contribution < 1.29 is 0 Å². The minimum absolute atomic E-state index is 0.622. The molecular formula is C11H13N3S. The first-order chi connectivity index (χ1) is 7.38. The van der Waals surface area contributed by atoms with E-state index in [2.05, 4.69) is 9.97 Å². The van der Waals surface area contributed by atoms with Crippen molar-refractivity contribution in [1.82, 2.24) is 9.97 Å². The van der Waals surface area contributed by atoms with E-state index >= 15 is 0 Å². The molecule has 0 amide bonds. The van der Waals surface area contributed by atoms with Crippen molar-refractivity contribution in [2.75, 3.05) is 6.54 Å². The molecular weight excluding hydrogens is 206 g/mol. The van der Waals surface area contributed by atoms with Crippen molar-refractivity contribution in [1.29, 1.82) is 0 Å².